The molecule has 0 spiro atoms. The predicted molar refractivity (Wildman–Crippen MR) is 318 cm³/mol. The van der Waals surface area contributed by atoms with E-state index in [9.17, 15) is 0 Å². The molecular formula is C74H51N. The number of rotatable bonds is 7. The van der Waals surface area contributed by atoms with Crippen LogP contribution in [0.1, 0.15) is 22.3 Å². The van der Waals surface area contributed by atoms with Gasteiger partial charge in [-0.3, -0.25) is 0 Å². The maximum Gasteiger partial charge on any atom is 0.0624 e. The third-order valence-corrected chi connectivity index (χ3v) is 15.6. The first kappa shape index (κ1) is 44.2. The summed E-state index contributed by atoms with van der Waals surface area (Å²) in [4.78, 5) is 2.56. The van der Waals surface area contributed by atoms with Crippen LogP contribution in [0.4, 0.5) is 17.1 Å². The van der Waals surface area contributed by atoms with Crippen LogP contribution >= 0.6 is 0 Å². The van der Waals surface area contributed by atoms with Crippen molar-refractivity contribution in [1.82, 2.24) is 0 Å². The highest BCUT2D eigenvalue weighted by Gasteiger charge is 2.26. The van der Waals surface area contributed by atoms with E-state index < -0.39 is 0 Å². The molecule has 0 N–H and O–H groups in total. The Morgan fingerprint density at radius 1 is 0.227 bits per heavy atom. The van der Waals surface area contributed by atoms with E-state index in [1.807, 2.05) is 0 Å². The van der Waals surface area contributed by atoms with Crippen molar-refractivity contribution in [1.29, 1.82) is 0 Å². The molecule has 14 rings (SSSR count). The molecule has 0 bridgehead atoms. The van der Waals surface area contributed by atoms with Crippen molar-refractivity contribution in [2.75, 3.05) is 4.90 Å². The van der Waals surface area contributed by atoms with Crippen LogP contribution in [0.25, 0.3) is 99.1 Å². The molecule has 0 saturated carbocycles. The molecule has 352 valence electrons. The molecule has 13 aromatic carbocycles. The molecule has 13 aromatic rings. The average molecular weight is 954 g/mol. The maximum absolute atomic E-state index is 2.56. The zero-order valence-electron chi connectivity index (χ0n) is 41.5. The SMILES string of the molecule is c1ccc(-c2ccc(-c3ccccc3)c(-c3ccc(N(c4ccc5c(c4)Cc4ccccc4-c4ccccc4Cc4ccccc4-5)c4c(-c5ccc6ccccc6c5)c5ccccc5c5ccccc45)cc3)c2)cc1. The molecular weight excluding hydrogens is 903 g/mol. The van der Waals surface area contributed by atoms with E-state index >= 15 is 0 Å². The Labute approximate surface area is 438 Å². The molecule has 0 heterocycles. The van der Waals surface area contributed by atoms with Gasteiger partial charge in [0.2, 0.25) is 0 Å². The van der Waals surface area contributed by atoms with Crippen molar-refractivity contribution in [3.05, 3.63) is 307 Å². The minimum absolute atomic E-state index is 0.769. The molecule has 0 atom stereocenters. The van der Waals surface area contributed by atoms with Crippen LogP contribution in [-0.2, 0) is 12.8 Å². The quantitative estimate of drug-likeness (QED) is 0.144. The summed E-state index contributed by atoms with van der Waals surface area (Å²) in [6, 6.07) is 106. The number of anilines is 3. The Balaban J connectivity index is 1.04. The Hall–Kier alpha value is -9.56. The van der Waals surface area contributed by atoms with Crippen LogP contribution in [0.3, 0.4) is 0 Å². The molecule has 1 aliphatic rings. The fourth-order valence-corrected chi connectivity index (χ4v) is 12.0. The lowest BCUT2D eigenvalue weighted by Gasteiger charge is -2.32. The van der Waals surface area contributed by atoms with E-state index in [0.29, 0.717) is 0 Å². The van der Waals surface area contributed by atoms with Gasteiger partial charge in [-0.15, -0.1) is 0 Å². The second kappa shape index (κ2) is 18.8. The van der Waals surface area contributed by atoms with Crippen molar-refractivity contribution in [3.63, 3.8) is 0 Å². The first-order valence-corrected chi connectivity index (χ1v) is 26.2. The van der Waals surface area contributed by atoms with E-state index in [4.69, 9.17) is 0 Å². The second-order valence-corrected chi connectivity index (χ2v) is 19.9. The van der Waals surface area contributed by atoms with Crippen molar-refractivity contribution >= 4 is 49.4 Å². The third-order valence-electron chi connectivity index (χ3n) is 15.6. The number of hydrogen-bond acceptors (Lipinski definition) is 1. The van der Waals surface area contributed by atoms with E-state index in [2.05, 4.69) is 290 Å². The fraction of sp³-hybridized carbons (Fsp3) is 0.0270. The average Bonchev–Trinajstić information content (AvgIpc) is 3.48. The summed E-state index contributed by atoms with van der Waals surface area (Å²) in [6.45, 7) is 0. The van der Waals surface area contributed by atoms with E-state index in [-0.39, 0.29) is 0 Å². The lowest BCUT2D eigenvalue weighted by molar-refractivity contribution is 1.14. The summed E-state index contributed by atoms with van der Waals surface area (Å²) in [5.74, 6) is 0. The smallest absolute Gasteiger partial charge is 0.0624 e. The van der Waals surface area contributed by atoms with E-state index in [1.165, 1.54) is 116 Å². The topological polar surface area (TPSA) is 3.24 Å². The van der Waals surface area contributed by atoms with Crippen LogP contribution in [0.15, 0.2) is 285 Å². The first-order valence-electron chi connectivity index (χ1n) is 26.2. The number of fused-ring (bicyclic) bond motifs is 10. The number of benzene rings is 13. The van der Waals surface area contributed by atoms with Gasteiger partial charge in [0.15, 0.2) is 0 Å². The molecule has 1 aliphatic carbocycles. The summed E-state index contributed by atoms with van der Waals surface area (Å²) in [5.41, 5.74) is 23.3. The molecule has 0 radical (unpaired) electrons. The van der Waals surface area contributed by atoms with Gasteiger partial charge < -0.3 is 4.90 Å². The molecule has 75 heavy (non-hydrogen) atoms. The largest absolute Gasteiger partial charge is 0.309 e. The van der Waals surface area contributed by atoms with Crippen LogP contribution in [-0.4, -0.2) is 0 Å². The van der Waals surface area contributed by atoms with Gasteiger partial charge in [0.05, 0.1) is 5.69 Å². The summed E-state index contributed by atoms with van der Waals surface area (Å²) < 4.78 is 0. The minimum Gasteiger partial charge on any atom is -0.309 e. The first-order chi connectivity index (χ1) is 37.2. The summed E-state index contributed by atoms with van der Waals surface area (Å²) in [7, 11) is 0. The highest BCUT2D eigenvalue weighted by Crippen LogP contribution is 2.51. The van der Waals surface area contributed by atoms with Gasteiger partial charge in [0.1, 0.15) is 0 Å². The van der Waals surface area contributed by atoms with Crippen LogP contribution < -0.4 is 4.90 Å². The molecule has 0 saturated heterocycles. The zero-order valence-corrected chi connectivity index (χ0v) is 41.5. The molecule has 0 unspecified atom stereocenters. The Morgan fingerprint density at radius 2 is 0.680 bits per heavy atom. The van der Waals surface area contributed by atoms with Gasteiger partial charge in [-0.25, -0.2) is 0 Å². The highest BCUT2D eigenvalue weighted by molar-refractivity contribution is 6.23. The van der Waals surface area contributed by atoms with Crippen molar-refractivity contribution < 1.29 is 0 Å². The number of hydrogen-bond donors (Lipinski definition) is 0. The number of nitrogens with zero attached hydrogens (tertiary/aromatic N) is 1. The Morgan fingerprint density at radius 3 is 1.35 bits per heavy atom. The van der Waals surface area contributed by atoms with Gasteiger partial charge in [-0.1, -0.05) is 249 Å². The maximum atomic E-state index is 2.56. The lowest BCUT2D eigenvalue weighted by atomic mass is 9.83. The predicted octanol–water partition coefficient (Wildman–Crippen LogP) is 20.1. The zero-order chi connectivity index (χ0) is 49.7. The van der Waals surface area contributed by atoms with Gasteiger partial charge in [-0.2, -0.15) is 0 Å². The molecule has 0 aromatic heterocycles. The van der Waals surface area contributed by atoms with Gasteiger partial charge in [0.25, 0.3) is 0 Å². The van der Waals surface area contributed by atoms with Crippen LogP contribution in [0, 0.1) is 0 Å². The minimum atomic E-state index is 0.769. The van der Waals surface area contributed by atoms with Crippen LogP contribution in [0.5, 0.6) is 0 Å². The standard InChI is InChI=1S/C74H51N/c1-3-19-50(20-4-1)55-39-43-66(52-22-5-2-6-23-52)72(49-55)53-37-40-61(41-38-53)75(74-71-34-18-16-32-69(71)68-31-15-17-33-70(68)73(74)59-36-35-51-21-7-8-24-54(51)45-59)62-42-44-67-60(48-62)47-58-27-11-13-29-64(58)63-28-12-9-25-56(63)46-57-26-10-14-30-65(57)67/h1-45,48-49H,46-47H2. The van der Waals surface area contributed by atoms with E-state index in [1.54, 1.807) is 0 Å². The summed E-state index contributed by atoms with van der Waals surface area (Å²) in [6.07, 6.45) is 1.61. The normalized spacial score (nSPS) is 11.9. The molecule has 1 nitrogen and oxygen atoms in total. The lowest BCUT2D eigenvalue weighted by Crippen LogP contribution is -2.13. The second-order valence-electron chi connectivity index (χ2n) is 19.9. The Kier molecular flexibility index (Phi) is 11.1. The van der Waals surface area contributed by atoms with Crippen molar-refractivity contribution in [3.8, 4) is 66.8 Å². The fourth-order valence-electron chi connectivity index (χ4n) is 12.0. The van der Waals surface area contributed by atoms with Gasteiger partial charge in [-0.05, 0) is 160 Å². The highest BCUT2D eigenvalue weighted by atomic mass is 15.1. The monoisotopic (exact) mass is 953 g/mol. The summed E-state index contributed by atoms with van der Waals surface area (Å²) in [5, 5.41) is 7.31. The molecule has 1 heteroatoms. The summed E-state index contributed by atoms with van der Waals surface area (Å²) >= 11 is 0. The Bertz CT molecular complexity index is 4280. The van der Waals surface area contributed by atoms with E-state index in [0.717, 1.165) is 35.5 Å². The van der Waals surface area contributed by atoms with Crippen LogP contribution in [0.2, 0.25) is 0 Å². The molecule has 0 fully saturated rings. The van der Waals surface area contributed by atoms with Gasteiger partial charge >= 0.3 is 0 Å². The molecule has 0 amide bonds. The van der Waals surface area contributed by atoms with Gasteiger partial charge in [0, 0.05) is 22.3 Å². The van der Waals surface area contributed by atoms with Crippen molar-refractivity contribution in [2.24, 2.45) is 0 Å². The van der Waals surface area contributed by atoms with Crippen molar-refractivity contribution in [2.45, 2.75) is 12.8 Å². The third kappa shape index (κ3) is 7.98. The molecule has 0 aliphatic heterocycles.